The van der Waals surface area contributed by atoms with Crippen molar-refractivity contribution in [2.24, 2.45) is 5.73 Å². The highest BCUT2D eigenvalue weighted by Gasteiger charge is 2.20. The van der Waals surface area contributed by atoms with Gasteiger partial charge in [0.2, 0.25) is 0 Å². The van der Waals surface area contributed by atoms with Crippen LogP contribution in [0.5, 0.6) is 0 Å². The van der Waals surface area contributed by atoms with Crippen LogP contribution < -0.4 is 5.73 Å². The molecule has 0 spiro atoms. The molecule has 0 amide bonds. The van der Waals surface area contributed by atoms with Crippen molar-refractivity contribution in [2.75, 3.05) is 0 Å². The van der Waals surface area contributed by atoms with Gasteiger partial charge in [-0.25, -0.2) is 4.21 Å². The third-order valence-corrected chi connectivity index (χ3v) is 5.85. The molecule has 0 saturated heterocycles. The van der Waals surface area contributed by atoms with Crippen molar-refractivity contribution in [3.8, 4) is 0 Å². The first-order valence-corrected chi connectivity index (χ1v) is 9.52. The van der Waals surface area contributed by atoms with Crippen LogP contribution in [0.25, 0.3) is 0 Å². The van der Waals surface area contributed by atoms with Gasteiger partial charge in [0, 0.05) is 15.8 Å². The van der Waals surface area contributed by atoms with Crippen LogP contribution in [0.2, 0.25) is 0 Å². The Labute approximate surface area is 142 Å². The zero-order valence-corrected chi connectivity index (χ0v) is 15.1. The normalized spacial score (nSPS) is 15.1. The molecule has 0 saturated carbocycles. The first-order valence-electron chi connectivity index (χ1n) is 8.37. The lowest BCUT2D eigenvalue weighted by atomic mass is 9.91. The second-order valence-electron chi connectivity index (χ2n) is 6.21. The molecule has 2 nitrogen and oxygen atoms in total. The van der Waals surface area contributed by atoms with Crippen LogP contribution in [0.4, 0.5) is 0 Å². The highest BCUT2D eigenvalue weighted by Crippen LogP contribution is 2.29. The van der Waals surface area contributed by atoms with Gasteiger partial charge in [0.15, 0.2) is 0 Å². The summed E-state index contributed by atoms with van der Waals surface area (Å²) < 4.78 is 13.0. The second kappa shape index (κ2) is 8.42. The Bertz CT molecular complexity index is 651. The van der Waals surface area contributed by atoms with Crippen molar-refractivity contribution in [1.29, 1.82) is 0 Å². The van der Waals surface area contributed by atoms with E-state index in [1.54, 1.807) is 0 Å². The number of unbranched alkanes of at least 4 members (excludes halogenated alkanes) is 1. The van der Waals surface area contributed by atoms with Crippen LogP contribution >= 0.6 is 0 Å². The van der Waals surface area contributed by atoms with Gasteiger partial charge in [-0.2, -0.15) is 0 Å². The van der Waals surface area contributed by atoms with E-state index in [1.165, 1.54) is 5.56 Å². The molecule has 124 valence electrons. The predicted octanol–water partition coefficient (Wildman–Crippen LogP) is 4.78. The molecule has 0 aliphatic carbocycles. The molecule has 0 unspecified atom stereocenters. The van der Waals surface area contributed by atoms with E-state index >= 15 is 0 Å². The standard InChI is InChI=1S/C20H27NOS/c1-4-5-9-19(21)16(3)18-8-6-7-10-20(18)23(22)17-13-11-15(2)12-14-17/h6-8,10-14,16,19H,4-5,9,21H2,1-3H3/t16-,19+,23-/m0/s1. The molecule has 0 aliphatic rings. The molecule has 2 aromatic rings. The van der Waals surface area contributed by atoms with Gasteiger partial charge in [-0.1, -0.05) is 62.6 Å². The molecule has 2 aromatic carbocycles. The van der Waals surface area contributed by atoms with E-state index in [2.05, 4.69) is 19.9 Å². The quantitative estimate of drug-likeness (QED) is 0.794. The van der Waals surface area contributed by atoms with Gasteiger partial charge in [-0.15, -0.1) is 0 Å². The Morgan fingerprint density at radius 3 is 2.39 bits per heavy atom. The van der Waals surface area contributed by atoms with Crippen LogP contribution in [-0.4, -0.2) is 10.3 Å². The molecule has 0 aliphatic heterocycles. The Hall–Kier alpha value is -1.45. The summed E-state index contributed by atoms with van der Waals surface area (Å²) >= 11 is 0. The summed E-state index contributed by atoms with van der Waals surface area (Å²) in [7, 11) is -1.17. The van der Waals surface area contributed by atoms with Gasteiger partial charge in [0.25, 0.3) is 0 Å². The van der Waals surface area contributed by atoms with Crippen LogP contribution in [-0.2, 0) is 10.8 Å². The largest absolute Gasteiger partial charge is 0.327 e. The Morgan fingerprint density at radius 2 is 1.74 bits per heavy atom. The molecule has 3 atom stereocenters. The fourth-order valence-corrected chi connectivity index (χ4v) is 4.04. The molecule has 3 heteroatoms. The summed E-state index contributed by atoms with van der Waals surface area (Å²) in [6, 6.07) is 16.0. The molecular formula is C20H27NOS. The van der Waals surface area contributed by atoms with E-state index in [9.17, 15) is 4.21 Å². The maximum absolute atomic E-state index is 13.0. The summed E-state index contributed by atoms with van der Waals surface area (Å²) in [4.78, 5) is 1.73. The third kappa shape index (κ3) is 4.52. The van der Waals surface area contributed by atoms with Crippen LogP contribution in [0.15, 0.2) is 58.3 Å². The average molecular weight is 330 g/mol. The summed E-state index contributed by atoms with van der Waals surface area (Å²) in [6.45, 7) is 6.36. The van der Waals surface area contributed by atoms with Crippen LogP contribution in [0.1, 0.15) is 50.2 Å². The van der Waals surface area contributed by atoms with Crippen molar-refractivity contribution in [3.05, 3.63) is 59.7 Å². The molecule has 2 N–H and O–H groups in total. The highest BCUT2D eigenvalue weighted by molar-refractivity contribution is 7.85. The summed E-state index contributed by atoms with van der Waals surface area (Å²) in [5.41, 5.74) is 8.65. The van der Waals surface area contributed by atoms with Crippen molar-refractivity contribution in [2.45, 2.75) is 61.8 Å². The lowest BCUT2D eigenvalue weighted by Gasteiger charge is -2.22. The average Bonchev–Trinajstić information content (AvgIpc) is 2.59. The SMILES string of the molecule is CCCC[C@@H](N)[C@@H](C)c1ccccc1[S@@](=O)c1ccc(C)cc1. The van der Waals surface area contributed by atoms with Crippen LogP contribution in [0.3, 0.4) is 0 Å². The van der Waals surface area contributed by atoms with Gasteiger partial charge in [0.1, 0.15) is 0 Å². The summed E-state index contributed by atoms with van der Waals surface area (Å²) in [5, 5.41) is 0. The first kappa shape index (κ1) is 17.9. The molecule has 0 heterocycles. The zero-order chi connectivity index (χ0) is 16.8. The summed E-state index contributed by atoms with van der Waals surface area (Å²) in [6.07, 6.45) is 3.29. The Kier molecular flexibility index (Phi) is 6.55. The Balaban J connectivity index is 2.29. The third-order valence-electron chi connectivity index (χ3n) is 4.38. The smallest absolute Gasteiger partial charge is 0.0852 e. The van der Waals surface area contributed by atoms with Gasteiger partial charge < -0.3 is 5.73 Å². The van der Waals surface area contributed by atoms with Gasteiger partial charge in [0.05, 0.1) is 10.8 Å². The minimum Gasteiger partial charge on any atom is -0.327 e. The van der Waals surface area contributed by atoms with Crippen LogP contribution in [0, 0.1) is 6.92 Å². The fraction of sp³-hybridized carbons (Fsp3) is 0.400. The second-order valence-corrected chi connectivity index (χ2v) is 7.66. The van der Waals surface area contributed by atoms with Crippen molar-refractivity contribution >= 4 is 10.8 Å². The topological polar surface area (TPSA) is 43.1 Å². The lowest BCUT2D eigenvalue weighted by Crippen LogP contribution is -2.27. The molecule has 0 fully saturated rings. The Morgan fingerprint density at radius 1 is 1.09 bits per heavy atom. The monoisotopic (exact) mass is 329 g/mol. The van der Waals surface area contributed by atoms with E-state index in [0.29, 0.717) is 0 Å². The van der Waals surface area contributed by atoms with E-state index in [-0.39, 0.29) is 12.0 Å². The number of nitrogens with two attached hydrogens (primary N) is 1. The number of aryl methyl sites for hydroxylation is 1. The van der Waals surface area contributed by atoms with Crippen molar-refractivity contribution in [3.63, 3.8) is 0 Å². The molecule has 0 bridgehead atoms. The number of rotatable bonds is 7. The predicted molar refractivity (Wildman–Crippen MR) is 98.2 cm³/mol. The van der Waals surface area contributed by atoms with E-state index in [0.717, 1.165) is 34.6 Å². The maximum Gasteiger partial charge on any atom is 0.0852 e. The molecule has 23 heavy (non-hydrogen) atoms. The van der Waals surface area contributed by atoms with E-state index in [4.69, 9.17) is 5.73 Å². The summed E-state index contributed by atoms with van der Waals surface area (Å²) in [5.74, 6) is 0.201. The fourth-order valence-electron chi connectivity index (χ4n) is 2.73. The highest BCUT2D eigenvalue weighted by atomic mass is 32.2. The molecule has 0 radical (unpaired) electrons. The molecule has 0 aromatic heterocycles. The van der Waals surface area contributed by atoms with Crippen molar-refractivity contribution < 1.29 is 4.21 Å². The molecule has 2 rings (SSSR count). The number of hydrogen-bond donors (Lipinski definition) is 1. The van der Waals surface area contributed by atoms with Gasteiger partial charge in [-0.05, 0) is 43.0 Å². The minimum atomic E-state index is -1.17. The van der Waals surface area contributed by atoms with E-state index in [1.807, 2.05) is 49.4 Å². The maximum atomic E-state index is 13.0. The number of benzene rings is 2. The van der Waals surface area contributed by atoms with Crippen molar-refractivity contribution in [1.82, 2.24) is 0 Å². The first-order chi connectivity index (χ1) is 11.0. The van der Waals surface area contributed by atoms with E-state index < -0.39 is 10.8 Å². The lowest BCUT2D eigenvalue weighted by molar-refractivity contribution is 0.502. The zero-order valence-electron chi connectivity index (χ0n) is 14.3. The minimum absolute atomic E-state index is 0.103. The number of hydrogen-bond acceptors (Lipinski definition) is 2. The van der Waals surface area contributed by atoms with Gasteiger partial charge >= 0.3 is 0 Å². The molecular weight excluding hydrogens is 302 g/mol. The van der Waals surface area contributed by atoms with Gasteiger partial charge in [-0.3, -0.25) is 0 Å².